The summed E-state index contributed by atoms with van der Waals surface area (Å²) in [6.07, 6.45) is 0.127. The van der Waals surface area contributed by atoms with E-state index in [0.717, 1.165) is 16.3 Å². The fraction of sp³-hybridized carbons (Fsp3) is 0.111. The summed E-state index contributed by atoms with van der Waals surface area (Å²) in [6.45, 7) is -0.127. The minimum Gasteiger partial charge on any atom is -0.324 e. The van der Waals surface area contributed by atoms with E-state index in [9.17, 15) is 14.0 Å². The molecule has 1 aliphatic rings. The molecule has 0 aromatic heterocycles. The molecule has 0 spiro atoms. The molecule has 0 bridgehead atoms. The highest BCUT2D eigenvalue weighted by molar-refractivity contribution is 6.30. The first-order valence-electron chi connectivity index (χ1n) is 10.6. The number of amides is 2. The van der Waals surface area contributed by atoms with Crippen LogP contribution >= 0.6 is 11.6 Å². The third kappa shape index (κ3) is 4.20. The van der Waals surface area contributed by atoms with E-state index >= 15 is 0 Å². The lowest BCUT2D eigenvalue weighted by Gasteiger charge is -2.31. The number of nitrogens with zero attached hydrogens (tertiary/aromatic N) is 1. The molecule has 1 atom stereocenters. The average Bonchev–Trinajstić information content (AvgIpc) is 2.95. The van der Waals surface area contributed by atoms with Crippen LogP contribution in [0.25, 0.3) is 10.8 Å². The second-order valence-corrected chi connectivity index (χ2v) is 8.51. The lowest BCUT2D eigenvalue weighted by atomic mass is 9.95. The van der Waals surface area contributed by atoms with Gasteiger partial charge in [-0.2, -0.15) is 0 Å². The molecule has 33 heavy (non-hydrogen) atoms. The topological polar surface area (TPSA) is 49.4 Å². The van der Waals surface area contributed by atoms with Crippen molar-refractivity contribution in [3.05, 3.63) is 112 Å². The van der Waals surface area contributed by atoms with Crippen LogP contribution in [0.4, 0.5) is 10.1 Å². The number of rotatable bonds is 3. The molecule has 4 nitrogen and oxygen atoms in total. The molecule has 4 aromatic carbocycles. The number of benzene rings is 4. The number of hydrogen-bond acceptors (Lipinski definition) is 2. The van der Waals surface area contributed by atoms with Gasteiger partial charge in [-0.15, -0.1) is 0 Å². The van der Waals surface area contributed by atoms with Crippen LogP contribution in [0.5, 0.6) is 0 Å². The number of anilines is 1. The zero-order valence-electron chi connectivity index (χ0n) is 17.6. The van der Waals surface area contributed by atoms with Gasteiger partial charge in [0.2, 0.25) is 11.8 Å². The van der Waals surface area contributed by atoms with E-state index in [2.05, 4.69) is 5.32 Å². The lowest BCUT2D eigenvalue weighted by molar-refractivity contribution is -0.135. The Hall–Kier alpha value is -3.70. The Morgan fingerprint density at radius 2 is 1.76 bits per heavy atom. The summed E-state index contributed by atoms with van der Waals surface area (Å²) >= 11 is 6.29. The fourth-order valence-electron chi connectivity index (χ4n) is 4.43. The van der Waals surface area contributed by atoms with Crippen LogP contribution < -0.4 is 5.32 Å². The predicted molar refractivity (Wildman–Crippen MR) is 128 cm³/mol. The van der Waals surface area contributed by atoms with Crippen molar-refractivity contribution in [3.8, 4) is 0 Å². The molecule has 0 aliphatic carbocycles. The molecule has 1 aliphatic heterocycles. The summed E-state index contributed by atoms with van der Waals surface area (Å²) in [7, 11) is 0. The van der Waals surface area contributed by atoms with Crippen LogP contribution in [0.1, 0.15) is 22.7 Å². The van der Waals surface area contributed by atoms with Crippen LogP contribution in [0.15, 0.2) is 84.9 Å². The first-order valence-corrected chi connectivity index (χ1v) is 11.0. The molecule has 2 amide bonds. The SMILES string of the molecule is O=C1CN(C(=O)Cc2cccc3ccccc23)C(c2ccc(F)cc2)c2cc(Cl)ccc2N1. The molecule has 164 valence electrons. The van der Waals surface area contributed by atoms with Gasteiger partial charge in [0.05, 0.1) is 12.5 Å². The number of carbonyl (C=O) groups excluding carboxylic acids is 2. The molecule has 1 N–H and O–H groups in total. The highest BCUT2D eigenvalue weighted by Gasteiger charge is 2.33. The van der Waals surface area contributed by atoms with E-state index < -0.39 is 6.04 Å². The Labute approximate surface area is 195 Å². The minimum atomic E-state index is -0.597. The molecule has 1 unspecified atom stereocenters. The lowest BCUT2D eigenvalue weighted by Crippen LogP contribution is -2.39. The van der Waals surface area contributed by atoms with Crippen molar-refractivity contribution >= 4 is 39.9 Å². The summed E-state index contributed by atoms with van der Waals surface area (Å²) in [5.41, 5.74) is 2.85. The van der Waals surface area contributed by atoms with Gasteiger partial charge in [0.25, 0.3) is 0 Å². The van der Waals surface area contributed by atoms with E-state index in [1.807, 2.05) is 42.5 Å². The van der Waals surface area contributed by atoms with Crippen LogP contribution in [0.3, 0.4) is 0 Å². The summed E-state index contributed by atoms with van der Waals surface area (Å²) in [4.78, 5) is 28.0. The molecule has 5 rings (SSSR count). The van der Waals surface area contributed by atoms with Gasteiger partial charge >= 0.3 is 0 Å². The standard InChI is InChI=1S/C27H20ClFN2O2/c28-20-10-13-24-23(15-20)27(18-8-11-21(29)12-9-18)31(16-25(32)30-24)26(33)14-19-6-3-5-17-4-1-2-7-22(17)19/h1-13,15,27H,14,16H2,(H,30,32). The van der Waals surface area contributed by atoms with E-state index in [1.54, 1.807) is 35.2 Å². The van der Waals surface area contributed by atoms with Crippen LogP contribution in [-0.2, 0) is 16.0 Å². The Kier molecular flexibility index (Phi) is 5.56. The highest BCUT2D eigenvalue weighted by atomic mass is 35.5. The van der Waals surface area contributed by atoms with Crippen molar-refractivity contribution in [2.45, 2.75) is 12.5 Å². The fourth-order valence-corrected chi connectivity index (χ4v) is 4.61. The quantitative estimate of drug-likeness (QED) is 0.425. The monoisotopic (exact) mass is 458 g/mol. The van der Waals surface area contributed by atoms with Gasteiger partial charge in [-0.3, -0.25) is 9.59 Å². The van der Waals surface area contributed by atoms with Gasteiger partial charge < -0.3 is 10.2 Å². The van der Waals surface area contributed by atoms with Crippen LogP contribution in [0, 0.1) is 5.82 Å². The Morgan fingerprint density at radius 3 is 2.58 bits per heavy atom. The smallest absolute Gasteiger partial charge is 0.244 e. The first-order chi connectivity index (χ1) is 16.0. The summed E-state index contributed by atoms with van der Waals surface area (Å²) in [6, 6.07) is 24.3. The number of carbonyl (C=O) groups is 2. The largest absolute Gasteiger partial charge is 0.324 e. The van der Waals surface area contributed by atoms with E-state index in [1.165, 1.54) is 12.1 Å². The van der Waals surface area contributed by atoms with Crippen LogP contribution in [0.2, 0.25) is 5.02 Å². The molecule has 1 heterocycles. The molecule has 0 radical (unpaired) electrons. The first kappa shape index (κ1) is 21.2. The number of hydrogen-bond donors (Lipinski definition) is 1. The number of nitrogens with one attached hydrogen (secondary N) is 1. The van der Waals surface area contributed by atoms with Crippen molar-refractivity contribution in [2.75, 3.05) is 11.9 Å². The molecule has 6 heteroatoms. The molecular weight excluding hydrogens is 439 g/mol. The van der Waals surface area contributed by atoms with Gasteiger partial charge in [-0.1, -0.05) is 66.2 Å². The third-order valence-electron chi connectivity index (χ3n) is 5.94. The second kappa shape index (κ2) is 8.68. The molecule has 0 fully saturated rings. The van der Waals surface area contributed by atoms with Gasteiger partial charge in [0.15, 0.2) is 0 Å². The van der Waals surface area contributed by atoms with Crippen molar-refractivity contribution in [1.29, 1.82) is 0 Å². The normalized spacial score (nSPS) is 15.6. The van der Waals surface area contributed by atoms with E-state index in [-0.39, 0.29) is 30.6 Å². The van der Waals surface area contributed by atoms with Crippen molar-refractivity contribution < 1.29 is 14.0 Å². The second-order valence-electron chi connectivity index (χ2n) is 8.07. The Bertz CT molecular complexity index is 1370. The zero-order valence-corrected chi connectivity index (χ0v) is 18.4. The maximum atomic E-state index is 13.7. The van der Waals surface area contributed by atoms with E-state index in [0.29, 0.717) is 21.8 Å². The van der Waals surface area contributed by atoms with Gasteiger partial charge in [0.1, 0.15) is 12.4 Å². The summed E-state index contributed by atoms with van der Waals surface area (Å²) in [5, 5.41) is 5.40. The molecule has 0 saturated heterocycles. The van der Waals surface area contributed by atoms with Crippen molar-refractivity contribution in [1.82, 2.24) is 4.90 Å². The van der Waals surface area contributed by atoms with Crippen LogP contribution in [-0.4, -0.2) is 23.3 Å². The average molecular weight is 459 g/mol. The Morgan fingerprint density at radius 1 is 1.00 bits per heavy atom. The van der Waals surface area contributed by atoms with Gasteiger partial charge in [0, 0.05) is 16.3 Å². The molecule has 0 saturated carbocycles. The molecule has 4 aromatic rings. The third-order valence-corrected chi connectivity index (χ3v) is 6.17. The Balaban J connectivity index is 1.60. The highest BCUT2D eigenvalue weighted by Crippen LogP contribution is 2.37. The molecular formula is C27H20ClFN2O2. The zero-order chi connectivity index (χ0) is 22.9. The number of halogens is 2. The summed E-state index contributed by atoms with van der Waals surface area (Å²) in [5.74, 6) is -0.875. The van der Waals surface area contributed by atoms with Crippen molar-refractivity contribution in [2.24, 2.45) is 0 Å². The van der Waals surface area contributed by atoms with E-state index in [4.69, 9.17) is 11.6 Å². The number of fused-ring (bicyclic) bond motifs is 2. The minimum absolute atomic E-state index is 0.127. The predicted octanol–water partition coefficient (Wildman–Crippen LogP) is 5.75. The maximum Gasteiger partial charge on any atom is 0.244 e. The van der Waals surface area contributed by atoms with Gasteiger partial charge in [-0.05, 0) is 52.2 Å². The van der Waals surface area contributed by atoms with Crippen molar-refractivity contribution in [3.63, 3.8) is 0 Å². The maximum absolute atomic E-state index is 13.7. The van der Waals surface area contributed by atoms with Gasteiger partial charge in [-0.25, -0.2) is 4.39 Å². The summed E-state index contributed by atoms with van der Waals surface area (Å²) < 4.78 is 13.7.